The quantitative estimate of drug-likeness (QED) is 0.606. The molecule has 6 heteroatoms. The number of likely N-dealkylation sites (tertiary alicyclic amines) is 1. The van der Waals surface area contributed by atoms with Crippen molar-refractivity contribution in [1.82, 2.24) is 19.4 Å². The Bertz CT molecular complexity index is 1090. The van der Waals surface area contributed by atoms with Crippen molar-refractivity contribution in [2.75, 3.05) is 27.2 Å². The minimum absolute atomic E-state index is 0.0169. The summed E-state index contributed by atoms with van der Waals surface area (Å²) in [7, 11) is 3.54. The number of hydrogen-bond donors (Lipinski definition) is 0. The van der Waals surface area contributed by atoms with Crippen molar-refractivity contribution in [2.45, 2.75) is 45.8 Å². The van der Waals surface area contributed by atoms with Gasteiger partial charge in [-0.1, -0.05) is 18.2 Å². The third-order valence-electron chi connectivity index (χ3n) is 6.48. The number of rotatable bonds is 6. The Morgan fingerprint density at radius 2 is 2.03 bits per heavy atom. The Balaban J connectivity index is 1.55. The Kier molecular flexibility index (Phi) is 6.01. The summed E-state index contributed by atoms with van der Waals surface area (Å²) in [5.74, 6) is 1.61. The van der Waals surface area contributed by atoms with Gasteiger partial charge >= 0.3 is 0 Å². The number of ether oxygens (including phenoxy) is 1. The first kappa shape index (κ1) is 21.4. The lowest BCUT2D eigenvalue weighted by Gasteiger charge is -2.27. The van der Waals surface area contributed by atoms with E-state index in [1.165, 1.54) is 0 Å². The summed E-state index contributed by atoms with van der Waals surface area (Å²) in [6.07, 6.45) is 1.01. The van der Waals surface area contributed by atoms with E-state index < -0.39 is 0 Å². The van der Waals surface area contributed by atoms with Crippen molar-refractivity contribution >= 4 is 16.9 Å². The molecule has 0 aliphatic carbocycles. The second-order valence-corrected chi connectivity index (χ2v) is 8.72. The molecule has 6 nitrogen and oxygen atoms in total. The summed E-state index contributed by atoms with van der Waals surface area (Å²) in [5.41, 5.74) is 3.79. The summed E-state index contributed by atoms with van der Waals surface area (Å²) in [5, 5.41) is 0. The van der Waals surface area contributed by atoms with Gasteiger partial charge in [0, 0.05) is 38.8 Å². The number of para-hydroxylation sites is 2. The zero-order valence-electron chi connectivity index (χ0n) is 19.1. The van der Waals surface area contributed by atoms with Gasteiger partial charge in [0.25, 0.3) is 5.91 Å². The number of hydrogen-bond acceptors (Lipinski definition) is 4. The Morgan fingerprint density at radius 3 is 2.74 bits per heavy atom. The van der Waals surface area contributed by atoms with E-state index in [1.807, 2.05) is 55.3 Å². The van der Waals surface area contributed by atoms with E-state index in [4.69, 9.17) is 4.74 Å². The molecule has 1 aliphatic rings. The number of carbonyl (C=O) groups is 1. The summed E-state index contributed by atoms with van der Waals surface area (Å²) in [6.45, 7) is 9.07. The van der Waals surface area contributed by atoms with Crippen molar-refractivity contribution in [1.29, 1.82) is 0 Å². The fraction of sp³-hybridized carbons (Fsp3) is 0.440. The number of carbonyl (C=O) groups excluding carboxylic acids is 1. The van der Waals surface area contributed by atoms with Crippen LogP contribution in [0.1, 0.15) is 42.0 Å². The van der Waals surface area contributed by atoms with Crippen LogP contribution in [0.2, 0.25) is 0 Å². The molecule has 1 aliphatic heterocycles. The monoisotopic (exact) mass is 420 g/mol. The first-order valence-electron chi connectivity index (χ1n) is 11.0. The molecule has 1 fully saturated rings. The van der Waals surface area contributed by atoms with E-state index >= 15 is 0 Å². The number of benzene rings is 2. The van der Waals surface area contributed by atoms with Gasteiger partial charge in [0.05, 0.1) is 23.7 Å². The van der Waals surface area contributed by atoms with Crippen molar-refractivity contribution in [3.8, 4) is 5.75 Å². The highest BCUT2D eigenvalue weighted by atomic mass is 16.5. The predicted molar refractivity (Wildman–Crippen MR) is 124 cm³/mol. The molecule has 1 saturated heterocycles. The van der Waals surface area contributed by atoms with Crippen LogP contribution in [-0.4, -0.2) is 64.6 Å². The maximum Gasteiger partial charge on any atom is 0.257 e. The van der Waals surface area contributed by atoms with Gasteiger partial charge in [-0.3, -0.25) is 9.69 Å². The highest BCUT2D eigenvalue weighted by Gasteiger charge is 2.30. The second kappa shape index (κ2) is 8.71. The molecule has 0 N–H and O–H groups in total. The largest absolute Gasteiger partial charge is 0.496 e. The van der Waals surface area contributed by atoms with E-state index in [1.54, 1.807) is 7.11 Å². The number of aryl methyl sites for hydroxylation is 1. The van der Waals surface area contributed by atoms with Gasteiger partial charge in [-0.05, 0) is 57.0 Å². The van der Waals surface area contributed by atoms with Crippen LogP contribution in [-0.2, 0) is 6.54 Å². The normalized spacial score (nSPS) is 16.9. The summed E-state index contributed by atoms with van der Waals surface area (Å²) >= 11 is 0. The fourth-order valence-electron chi connectivity index (χ4n) is 4.50. The van der Waals surface area contributed by atoms with E-state index in [-0.39, 0.29) is 11.9 Å². The molecule has 2 heterocycles. The predicted octanol–water partition coefficient (Wildman–Crippen LogP) is 3.96. The fourth-order valence-corrected chi connectivity index (χ4v) is 4.50. The molecule has 1 aromatic heterocycles. The number of nitrogens with zero attached hydrogens (tertiary/aromatic N) is 4. The van der Waals surface area contributed by atoms with Crippen LogP contribution in [0.25, 0.3) is 11.0 Å². The first-order chi connectivity index (χ1) is 14.9. The highest BCUT2D eigenvalue weighted by molar-refractivity contribution is 5.97. The third-order valence-corrected chi connectivity index (χ3v) is 6.48. The van der Waals surface area contributed by atoms with Crippen LogP contribution in [0.3, 0.4) is 0 Å². The average Bonchev–Trinajstić information content (AvgIpc) is 3.38. The van der Waals surface area contributed by atoms with Gasteiger partial charge in [0.15, 0.2) is 0 Å². The molecule has 3 aromatic rings. The molecule has 0 radical (unpaired) electrons. The number of aromatic nitrogens is 2. The van der Waals surface area contributed by atoms with Crippen LogP contribution in [0.5, 0.6) is 5.75 Å². The van der Waals surface area contributed by atoms with E-state index in [9.17, 15) is 4.79 Å². The highest BCUT2D eigenvalue weighted by Crippen LogP contribution is 2.26. The molecule has 2 aromatic carbocycles. The molecule has 164 valence electrons. The molecule has 0 saturated carbocycles. The van der Waals surface area contributed by atoms with Gasteiger partial charge in [-0.25, -0.2) is 4.98 Å². The minimum atomic E-state index is 0.0169. The van der Waals surface area contributed by atoms with E-state index in [0.717, 1.165) is 41.9 Å². The van der Waals surface area contributed by atoms with Crippen LogP contribution in [0, 0.1) is 6.92 Å². The zero-order valence-corrected chi connectivity index (χ0v) is 19.1. The van der Waals surface area contributed by atoms with Crippen LogP contribution in [0.4, 0.5) is 0 Å². The Morgan fingerprint density at radius 1 is 1.26 bits per heavy atom. The van der Waals surface area contributed by atoms with Gasteiger partial charge in [-0.2, -0.15) is 0 Å². The second-order valence-electron chi connectivity index (χ2n) is 8.72. The lowest BCUT2D eigenvalue weighted by Crippen LogP contribution is -2.40. The number of fused-ring (bicyclic) bond motifs is 1. The molecular formula is C25H32N4O2. The minimum Gasteiger partial charge on any atom is -0.496 e. The summed E-state index contributed by atoms with van der Waals surface area (Å²) in [4.78, 5) is 22.2. The molecule has 0 spiro atoms. The van der Waals surface area contributed by atoms with E-state index in [2.05, 4.69) is 34.4 Å². The van der Waals surface area contributed by atoms with Gasteiger partial charge in [0.1, 0.15) is 11.6 Å². The van der Waals surface area contributed by atoms with E-state index in [0.29, 0.717) is 23.9 Å². The number of amides is 1. The molecule has 1 amide bonds. The zero-order chi connectivity index (χ0) is 22.1. The topological polar surface area (TPSA) is 50.6 Å². The van der Waals surface area contributed by atoms with Crippen LogP contribution < -0.4 is 4.74 Å². The van der Waals surface area contributed by atoms with Crippen molar-refractivity contribution in [3.05, 3.63) is 59.4 Å². The van der Waals surface area contributed by atoms with Crippen molar-refractivity contribution in [3.63, 3.8) is 0 Å². The molecule has 1 atom stereocenters. The number of imidazole rings is 1. The lowest BCUT2D eigenvalue weighted by atomic mass is 10.1. The van der Waals surface area contributed by atoms with Crippen molar-refractivity contribution in [2.24, 2.45) is 0 Å². The van der Waals surface area contributed by atoms with Gasteiger partial charge < -0.3 is 14.2 Å². The lowest BCUT2D eigenvalue weighted by molar-refractivity contribution is 0.0728. The number of methoxy groups -OCH3 is 1. The SMILES string of the molecule is COc1cc(Cn2c(C)nc3ccccc32)ccc1C(=O)N(C)[C@@H]1CCN(C(C)C)C1. The van der Waals surface area contributed by atoms with Gasteiger partial charge in [0.2, 0.25) is 0 Å². The summed E-state index contributed by atoms with van der Waals surface area (Å²) < 4.78 is 7.82. The maximum absolute atomic E-state index is 13.3. The van der Waals surface area contributed by atoms with Crippen LogP contribution in [0.15, 0.2) is 42.5 Å². The molecular weight excluding hydrogens is 388 g/mol. The smallest absolute Gasteiger partial charge is 0.257 e. The van der Waals surface area contributed by atoms with Crippen LogP contribution >= 0.6 is 0 Å². The standard InChI is InChI=1S/C25H32N4O2/c1-17(2)28-13-12-20(16-28)27(4)25(30)21-11-10-19(14-24(21)31-5)15-29-18(3)26-22-8-6-7-9-23(22)29/h6-11,14,17,20H,12-13,15-16H2,1-5H3/t20-/m1/s1. The molecule has 31 heavy (non-hydrogen) atoms. The summed E-state index contributed by atoms with van der Waals surface area (Å²) in [6, 6.07) is 14.8. The molecule has 4 rings (SSSR count). The first-order valence-corrected chi connectivity index (χ1v) is 11.0. The van der Waals surface area contributed by atoms with Crippen molar-refractivity contribution < 1.29 is 9.53 Å². The maximum atomic E-state index is 13.3. The average molecular weight is 421 g/mol. The molecule has 0 unspecified atom stereocenters. The Labute approximate surface area is 184 Å². The third kappa shape index (κ3) is 4.17. The molecule has 0 bridgehead atoms. The Hall–Kier alpha value is -2.86. The van der Waals surface area contributed by atoms with Gasteiger partial charge in [-0.15, -0.1) is 0 Å². The number of likely N-dealkylation sites (N-methyl/N-ethyl adjacent to an activating group) is 1.